The number of benzene rings is 2. The number of halogens is 2. The summed E-state index contributed by atoms with van der Waals surface area (Å²) in [7, 11) is 0. The molecule has 0 N–H and O–H groups in total. The van der Waals surface area contributed by atoms with E-state index in [0.717, 1.165) is 40.8 Å². The average Bonchev–Trinajstić information content (AvgIpc) is 3.34. The molecule has 1 aliphatic rings. The van der Waals surface area contributed by atoms with E-state index in [-0.39, 0.29) is 5.91 Å². The molecular weight excluding hydrogens is 440 g/mol. The number of amides is 1. The second kappa shape index (κ2) is 9.08. The standard InChI is InChI=1S/C26H25F2N3OS/c1-18-13-23-25(33-18)15-24(31(23)17-20-7-8-21(27)22(28)14-20)26(32)30-11-9-29(10-12-30)16-19-5-3-2-4-6-19/h2-8,13-15H,9-12,16-17H2,1H3. The van der Waals surface area contributed by atoms with Crippen molar-refractivity contribution in [3.8, 4) is 0 Å². The topological polar surface area (TPSA) is 28.5 Å². The maximum Gasteiger partial charge on any atom is 0.270 e. The first-order valence-electron chi connectivity index (χ1n) is 11.1. The maximum absolute atomic E-state index is 13.8. The molecule has 0 unspecified atom stereocenters. The number of hydrogen-bond donors (Lipinski definition) is 0. The Kier molecular flexibility index (Phi) is 6.00. The minimum absolute atomic E-state index is 0.0157. The van der Waals surface area contributed by atoms with Crippen molar-refractivity contribution in [2.45, 2.75) is 20.0 Å². The van der Waals surface area contributed by atoms with Crippen molar-refractivity contribution in [2.24, 2.45) is 0 Å². The SMILES string of the molecule is Cc1cc2c(cc(C(=O)N3CCN(Cc4ccccc4)CC3)n2Cc2ccc(F)c(F)c2)s1. The molecule has 1 aliphatic heterocycles. The van der Waals surface area contributed by atoms with Gasteiger partial charge in [0.1, 0.15) is 5.69 Å². The maximum atomic E-state index is 13.8. The van der Waals surface area contributed by atoms with Crippen molar-refractivity contribution in [1.29, 1.82) is 0 Å². The Morgan fingerprint density at radius 2 is 1.64 bits per heavy atom. The normalized spacial score (nSPS) is 14.8. The van der Waals surface area contributed by atoms with Crippen LogP contribution in [0, 0.1) is 18.6 Å². The van der Waals surface area contributed by atoms with E-state index in [4.69, 9.17) is 0 Å². The van der Waals surface area contributed by atoms with Gasteiger partial charge in [0.25, 0.3) is 5.91 Å². The van der Waals surface area contributed by atoms with Gasteiger partial charge in [-0.2, -0.15) is 0 Å². The van der Waals surface area contributed by atoms with Gasteiger partial charge in [-0.05, 0) is 42.3 Å². The molecule has 2 aromatic carbocycles. The Labute approximate surface area is 195 Å². The van der Waals surface area contributed by atoms with Crippen molar-refractivity contribution in [3.63, 3.8) is 0 Å². The molecule has 4 aromatic rings. The zero-order chi connectivity index (χ0) is 22.9. The molecule has 5 rings (SSSR count). The summed E-state index contributed by atoms with van der Waals surface area (Å²) >= 11 is 1.64. The Morgan fingerprint density at radius 1 is 0.879 bits per heavy atom. The Hall–Kier alpha value is -3.03. The number of piperazine rings is 1. The highest BCUT2D eigenvalue weighted by molar-refractivity contribution is 7.19. The number of aryl methyl sites for hydroxylation is 1. The Morgan fingerprint density at radius 3 is 2.36 bits per heavy atom. The summed E-state index contributed by atoms with van der Waals surface area (Å²) in [4.78, 5) is 18.9. The summed E-state index contributed by atoms with van der Waals surface area (Å²) < 4.78 is 30.2. The van der Waals surface area contributed by atoms with Crippen LogP contribution >= 0.6 is 11.3 Å². The Bertz CT molecular complexity index is 1290. The zero-order valence-electron chi connectivity index (χ0n) is 18.4. The number of rotatable bonds is 5. The van der Waals surface area contributed by atoms with Gasteiger partial charge in [0.2, 0.25) is 0 Å². The van der Waals surface area contributed by atoms with Gasteiger partial charge in [0.15, 0.2) is 11.6 Å². The minimum Gasteiger partial charge on any atom is -0.335 e. The fraction of sp³-hybridized carbons (Fsp3) is 0.269. The van der Waals surface area contributed by atoms with Crippen molar-refractivity contribution in [1.82, 2.24) is 14.4 Å². The lowest BCUT2D eigenvalue weighted by molar-refractivity contribution is 0.0619. The second-order valence-corrected chi connectivity index (χ2v) is 9.81. The third-order valence-corrected chi connectivity index (χ3v) is 7.15. The number of fused-ring (bicyclic) bond motifs is 1. The molecule has 3 heterocycles. The molecule has 0 spiro atoms. The minimum atomic E-state index is -0.875. The molecule has 0 bridgehead atoms. The molecule has 0 aliphatic carbocycles. The third-order valence-electron chi connectivity index (χ3n) is 6.17. The van der Waals surface area contributed by atoms with Crippen LogP contribution in [0.15, 0.2) is 60.7 Å². The highest BCUT2D eigenvalue weighted by Crippen LogP contribution is 2.30. The van der Waals surface area contributed by atoms with Crippen molar-refractivity contribution < 1.29 is 13.6 Å². The molecule has 1 saturated heterocycles. The lowest BCUT2D eigenvalue weighted by Gasteiger charge is -2.35. The Balaban J connectivity index is 1.35. The summed E-state index contributed by atoms with van der Waals surface area (Å²) in [6.07, 6.45) is 0. The van der Waals surface area contributed by atoms with Crippen LogP contribution in [0.25, 0.3) is 10.2 Å². The van der Waals surface area contributed by atoms with Gasteiger partial charge in [-0.3, -0.25) is 9.69 Å². The van der Waals surface area contributed by atoms with Crippen LogP contribution in [0.2, 0.25) is 0 Å². The average molecular weight is 466 g/mol. The van der Waals surface area contributed by atoms with Crippen LogP contribution < -0.4 is 0 Å². The quantitative estimate of drug-likeness (QED) is 0.400. The molecule has 4 nitrogen and oxygen atoms in total. The number of carbonyl (C=O) groups is 1. The van der Waals surface area contributed by atoms with Gasteiger partial charge in [0, 0.05) is 44.1 Å². The molecule has 2 aromatic heterocycles. The number of thiophene rings is 1. The predicted molar refractivity (Wildman–Crippen MR) is 128 cm³/mol. The van der Waals surface area contributed by atoms with E-state index in [1.54, 1.807) is 17.4 Å². The van der Waals surface area contributed by atoms with E-state index >= 15 is 0 Å². The van der Waals surface area contributed by atoms with Crippen molar-refractivity contribution in [3.05, 3.63) is 94.0 Å². The van der Waals surface area contributed by atoms with Crippen molar-refractivity contribution in [2.75, 3.05) is 26.2 Å². The van der Waals surface area contributed by atoms with Crippen molar-refractivity contribution >= 4 is 27.5 Å². The smallest absolute Gasteiger partial charge is 0.270 e. The van der Waals surface area contributed by atoms with Gasteiger partial charge in [-0.25, -0.2) is 8.78 Å². The lowest BCUT2D eigenvalue weighted by Crippen LogP contribution is -2.48. The molecule has 0 radical (unpaired) electrons. The van der Waals surface area contributed by atoms with Gasteiger partial charge >= 0.3 is 0 Å². The first-order valence-corrected chi connectivity index (χ1v) is 11.9. The number of carbonyl (C=O) groups excluding carboxylic acids is 1. The highest BCUT2D eigenvalue weighted by atomic mass is 32.1. The van der Waals surface area contributed by atoms with Crippen LogP contribution in [0.4, 0.5) is 8.78 Å². The first-order chi connectivity index (χ1) is 16.0. The molecule has 1 fully saturated rings. The molecule has 170 valence electrons. The van der Waals surface area contributed by atoms with Gasteiger partial charge in [-0.15, -0.1) is 11.3 Å². The lowest BCUT2D eigenvalue weighted by atomic mass is 10.2. The molecule has 7 heteroatoms. The fourth-order valence-electron chi connectivity index (χ4n) is 4.45. The summed E-state index contributed by atoms with van der Waals surface area (Å²) in [6.45, 7) is 6.18. The van der Waals surface area contributed by atoms with Gasteiger partial charge in [0.05, 0.1) is 10.2 Å². The number of hydrogen-bond acceptors (Lipinski definition) is 3. The zero-order valence-corrected chi connectivity index (χ0v) is 19.2. The van der Waals surface area contributed by atoms with Crippen LogP contribution in [0.3, 0.4) is 0 Å². The third kappa shape index (κ3) is 4.56. The summed E-state index contributed by atoms with van der Waals surface area (Å²) in [6, 6.07) is 18.2. The number of aromatic nitrogens is 1. The first kappa shape index (κ1) is 21.8. The second-order valence-electron chi connectivity index (χ2n) is 8.52. The van der Waals surface area contributed by atoms with E-state index in [0.29, 0.717) is 30.9 Å². The van der Waals surface area contributed by atoms with E-state index in [9.17, 15) is 13.6 Å². The molecule has 0 saturated carbocycles. The molecule has 33 heavy (non-hydrogen) atoms. The van der Waals surface area contributed by atoms with E-state index in [1.807, 2.05) is 40.7 Å². The predicted octanol–water partition coefficient (Wildman–Crippen LogP) is 5.30. The summed E-state index contributed by atoms with van der Waals surface area (Å²) in [5.74, 6) is -1.76. The van der Waals surface area contributed by atoms with Crippen LogP contribution in [-0.2, 0) is 13.1 Å². The number of nitrogens with zero attached hydrogens (tertiary/aromatic N) is 3. The highest BCUT2D eigenvalue weighted by Gasteiger charge is 2.26. The monoisotopic (exact) mass is 465 g/mol. The van der Waals surface area contributed by atoms with Crippen LogP contribution in [0.5, 0.6) is 0 Å². The molecular formula is C26H25F2N3OS. The molecule has 1 amide bonds. The van der Waals surface area contributed by atoms with E-state index in [1.165, 1.54) is 11.6 Å². The van der Waals surface area contributed by atoms with Gasteiger partial charge < -0.3 is 9.47 Å². The fourth-order valence-corrected chi connectivity index (χ4v) is 5.41. The summed E-state index contributed by atoms with van der Waals surface area (Å²) in [5, 5.41) is 0. The molecule has 0 atom stereocenters. The van der Waals surface area contributed by atoms with Gasteiger partial charge in [-0.1, -0.05) is 36.4 Å². The summed E-state index contributed by atoms with van der Waals surface area (Å²) in [5.41, 5.74) is 3.44. The van der Waals surface area contributed by atoms with Crippen LogP contribution in [-0.4, -0.2) is 46.5 Å². The van der Waals surface area contributed by atoms with E-state index < -0.39 is 11.6 Å². The van der Waals surface area contributed by atoms with Crippen LogP contribution in [0.1, 0.15) is 26.5 Å². The van der Waals surface area contributed by atoms with E-state index in [2.05, 4.69) is 23.1 Å². The largest absolute Gasteiger partial charge is 0.335 e.